The summed E-state index contributed by atoms with van der Waals surface area (Å²) >= 11 is 0. The molecule has 0 spiro atoms. The molecule has 3 amide bonds. The summed E-state index contributed by atoms with van der Waals surface area (Å²) in [6, 6.07) is 14.4. The van der Waals surface area contributed by atoms with E-state index in [1.165, 1.54) is 0 Å². The lowest BCUT2D eigenvalue weighted by atomic mass is 10.1. The van der Waals surface area contributed by atoms with Crippen LogP contribution in [-0.2, 0) is 20.9 Å². The van der Waals surface area contributed by atoms with Crippen LogP contribution >= 0.6 is 0 Å². The topological polar surface area (TPSA) is 96.5 Å². The minimum atomic E-state index is -0.821. The number of anilines is 1. The second kappa shape index (κ2) is 11.7. The maximum atomic E-state index is 12.6. The molecule has 0 aliphatic carbocycles. The van der Waals surface area contributed by atoms with Crippen molar-refractivity contribution in [2.24, 2.45) is 0 Å². The molecule has 30 heavy (non-hydrogen) atoms. The van der Waals surface area contributed by atoms with E-state index in [4.69, 9.17) is 4.74 Å². The Kier molecular flexibility index (Phi) is 9.03. The summed E-state index contributed by atoms with van der Waals surface area (Å²) < 4.78 is 5.39. The average molecular weight is 412 g/mol. The molecule has 2 aromatic rings. The molecule has 3 N–H and O–H groups in total. The lowest BCUT2D eigenvalue weighted by molar-refractivity contribution is -0.136. The number of amides is 3. The number of aryl methyl sites for hydroxylation is 1. The summed E-state index contributed by atoms with van der Waals surface area (Å²) in [5.74, 6) is -1.91. The standard InChI is InChI=1S/C23H29N3O4/c1-16(2)30-14-6-13-24-22(28)23(29)26-20-8-5-4-7-19(20)21(27)25-15-18-11-9-17(3)10-12-18/h4-5,7-12,16H,6,13-15H2,1-3H3,(H,24,28)(H,25,27)(H,26,29). The summed E-state index contributed by atoms with van der Waals surface area (Å²) in [4.78, 5) is 36.8. The second-order valence-electron chi connectivity index (χ2n) is 7.20. The maximum absolute atomic E-state index is 12.6. The van der Waals surface area contributed by atoms with E-state index in [1.54, 1.807) is 24.3 Å². The number of carbonyl (C=O) groups is 3. The summed E-state index contributed by atoms with van der Waals surface area (Å²) in [6.07, 6.45) is 0.729. The molecule has 2 rings (SSSR count). The van der Waals surface area contributed by atoms with E-state index in [-0.39, 0.29) is 23.3 Å². The molecule has 0 aliphatic heterocycles. The zero-order valence-electron chi connectivity index (χ0n) is 17.7. The molecule has 160 valence electrons. The van der Waals surface area contributed by atoms with Crippen molar-refractivity contribution in [2.75, 3.05) is 18.5 Å². The predicted octanol–water partition coefficient (Wildman–Crippen LogP) is 2.79. The molecule has 0 heterocycles. The van der Waals surface area contributed by atoms with Gasteiger partial charge in [0, 0.05) is 19.7 Å². The fourth-order valence-electron chi connectivity index (χ4n) is 2.63. The number of para-hydroxylation sites is 1. The van der Waals surface area contributed by atoms with Crippen LogP contribution in [0.25, 0.3) is 0 Å². The van der Waals surface area contributed by atoms with E-state index in [2.05, 4.69) is 16.0 Å². The average Bonchev–Trinajstić information content (AvgIpc) is 2.72. The largest absolute Gasteiger partial charge is 0.379 e. The zero-order valence-corrected chi connectivity index (χ0v) is 17.7. The van der Waals surface area contributed by atoms with Gasteiger partial charge in [-0.1, -0.05) is 42.0 Å². The first-order chi connectivity index (χ1) is 14.4. The quantitative estimate of drug-likeness (QED) is 0.437. The van der Waals surface area contributed by atoms with Gasteiger partial charge in [0.15, 0.2) is 0 Å². The Balaban J connectivity index is 1.88. The van der Waals surface area contributed by atoms with Crippen LogP contribution in [0.3, 0.4) is 0 Å². The number of rotatable bonds is 9. The fraction of sp³-hybridized carbons (Fsp3) is 0.348. The van der Waals surface area contributed by atoms with Crippen molar-refractivity contribution < 1.29 is 19.1 Å². The molecule has 0 radical (unpaired) electrons. The molecule has 0 bridgehead atoms. The lowest BCUT2D eigenvalue weighted by Crippen LogP contribution is -2.36. The molecule has 0 saturated heterocycles. The van der Waals surface area contributed by atoms with Crippen LogP contribution in [0.5, 0.6) is 0 Å². The lowest BCUT2D eigenvalue weighted by Gasteiger charge is -2.12. The molecule has 2 aromatic carbocycles. The molecule has 7 nitrogen and oxygen atoms in total. The first kappa shape index (κ1) is 23.1. The third-order valence-corrected chi connectivity index (χ3v) is 4.26. The van der Waals surface area contributed by atoms with Gasteiger partial charge in [0.25, 0.3) is 5.91 Å². The summed E-state index contributed by atoms with van der Waals surface area (Å²) in [5, 5.41) is 7.89. The Morgan fingerprint density at radius 2 is 1.63 bits per heavy atom. The monoisotopic (exact) mass is 411 g/mol. The van der Waals surface area contributed by atoms with Crippen molar-refractivity contribution >= 4 is 23.4 Å². The van der Waals surface area contributed by atoms with Crippen LogP contribution in [0.2, 0.25) is 0 Å². The summed E-state index contributed by atoms with van der Waals surface area (Å²) in [5.41, 5.74) is 2.68. The Labute approximate surface area is 177 Å². The van der Waals surface area contributed by atoms with Gasteiger partial charge in [-0.25, -0.2) is 0 Å². The normalized spacial score (nSPS) is 10.5. The van der Waals surface area contributed by atoms with Gasteiger partial charge < -0.3 is 20.7 Å². The third kappa shape index (κ3) is 7.67. The van der Waals surface area contributed by atoms with Crippen molar-refractivity contribution in [1.29, 1.82) is 0 Å². The van der Waals surface area contributed by atoms with Gasteiger partial charge in [0.05, 0.1) is 17.4 Å². The highest BCUT2D eigenvalue weighted by atomic mass is 16.5. The minimum Gasteiger partial charge on any atom is -0.379 e. The molecular weight excluding hydrogens is 382 g/mol. The Hall–Kier alpha value is -3.19. The number of hydrogen-bond donors (Lipinski definition) is 3. The highest BCUT2D eigenvalue weighted by Gasteiger charge is 2.17. The van der Waals surface area contributed by atoms with Gasteiger partial charge >= 0.3 is 11.8 Å². The SMILES string of the molecule is Cc1ccc(CNC(=O)c2ccccc2NC(=O)C(=O)NCCCOC(C)C)cc1. The number of benzene rings is 2. The second-order valence-corrected chi connectivity index (χ2v) is 7.20. The minimum absolute atomic E-state index is 0.123. The van der Waals surface area contributed by atoms with Crippen molar-refractivity contribution in [3.05, 3.63) is 65.2 Å². The van der Waals surface area contributed by atoms with E-state index in [0.717, 1.165) is 11.1 Å². The van der Waals surface area contributed by atoms with Crippen LogP contribution in [-0.4, -0.2) is 37.0 Å². The van der Waals surface area contributed by atoms with Crippen LogP contribution in [0.1, 0.15) is 41.8 Å². The van der Waals surface area contributed by atoms with E-state index in [0.29, 0.717) is 26.1 Å². The number of hydrogen-bond acceptors (Lipinski definition) is 4. The number of nitrogens with one attached hydrogen (secondary N) is 3. The predicted molar refractivity (Wildman–Crippen MR) is 116 cm³/mol. The van der Waals surface area contributed by atoms with Crippen molar-refractivity contribution in [2.45, 2.75) is 39.8 Å². The van der Waals surface area contributed by atoms with Crippen molar-refractivity contribution in [3.63, 3.8) is 0 Å². The zero-order chi connectivity index (χ0) is 21.9. The van der Waals surface area contributed by atoms with Crippen LogP contribution < -0.4 is 16.0 Å². The molecule has 0 saturated carbocycles. The Morgan fingerprint density at radius 3 is 2.33 bits per heavy atom. The van der Waals surface area contributed by atoms with E-state index < -0.39 is 11.8 Å². The molecule has 0 fully saturated rings. The first-order valence-corrected chi connectivity index (χ1v) is 10.0. The van der Waals surface area contributed by atoms with Crippen LogP contribution in [0.4, 0.5) is 5.69 Å². The van der Waals surface area contributed by atoms with Gasteiger partial charge in [-0.15, -0.1) is 0 Å². The smallest absolute Gasteiger partial charge is 0.313 e. The van der Waals surface area contributed by atoms with Gasteiger partial charge in [0.2, 0.25) is 0 Å². The summed E-state index contributed by atoms with van der Waals surface area (Å²) in [7, 11) is 0. The van der Waals surface area contributed by atoms with Gasteiger partial charge in [-0.2, -0.15) is 0 Å². The molecular formula is C23H29N3O4. The first-order valence-electron chi connectivity index (χ1n) is 10.0. The Morgan fingerprint density at radius 1 is 0.933 bits per heavy atom. The van der Waals surface area contributed by atoms with E-state index >= 15 is 0 Å². The summed E-state index contributed by atoms with van der Waals surface area (Å²) in [6.45, 7) is 7.05. The van der Waals surface area contributed by atoms with Crippen molar-refractivity contribution in [1.82, 2.24) is 10.6 Å². The van der Waals surface area contributed by atoms with E-state index in [1.807, 2.05) is 45.0 Å². The van der Waals surface area contributed by atoms with Crippen LogP contribution in [0, 0.1) is 6.92 Å². The van der Waals surface area contributed by atoms with Gasteiger partial charge in [0.1, 0.15) is 0 Å². The molecule has 7 heteroatoms. The molecule has 0 unspecified atom stereocenters. The molecule has 0 atom stereocenters. The van der Waals surface area contributed by atoms with Gasteiger partial charge in [-0.3, -0.25) is 14.4 Å². The molecule has 0 aromatic heterocycles. The van der Waals surface area contributed by atoms with Gasteiger partial charge in [-0.05, 0) is 44.9 Å². The molecule has 0 aliphatic rings. The van der Waals surface area contributed by atoms with Crippen molar-refractivity contribution in [3.8, 4) is 0 Å². The number of carbonyl (C=O) groups excluding carboxylic acids is 3. The number of ether oxygens (including phenoxy) is 1. The highest BCUT2D eigenvalue weighted by molar-refractivity contribution is 6.40. The van der Waals surface area contributed by atoms with E-state index in [9.17, 15) is 14.4 Å². The highest BCUT2D eigenvalue weighted by Crippen LogP contribution is 2.15. The fourth-order valence-corrected chi connectivity index (χ4v) is 2.63. The third-order valence-electron chi connectivity index (χ3n) is 4.26. The van der Waals surface area contributed by atoms with Crippen LogP contribution in [0.15, 0.2) is 48.5 Å². The maximum Gasteiger partial charge on any atom is 0.313 e. The Bertz CT molecular complexity index is 863.